The second-order valence-electron chi connectivity index (χ2n) is 5.37. The number of thiazole rings is 1. The Bertz CT molecular complexity index is 883. The van der Waals surface area contributed by atoms with E-state index in [-0.39, 0.29) is 27.9 Å². The number of halogens is 3. The van der Waals surface area contributed by atoms with Gasteiger partial charge in [-0.3, -0.25) is 0 Å². The number of nitrogens with zero attached hydrogens (tertiary/aromatic N) is 3. The maximum Gasteiger partial charge on any atom is 0.438 e. The standard InChI is InChI=1S/C15H12F3N3O4S/c1-25-12(23)10-7-26-13(19-10)21-14(24,15(16,17)18)6-9(20-21)8-4-2-3-5-11(8)22/h2-5,7,22,24H,6H2,1H3. The Morgan fingerprint density at radius 1 is 1.38 bits per heavy atom. The maximum atomic E-state index is 13.6. The van der Waals surface area contributed by atoms with E-state index in [1.165, 1.54) is 29.6 Å². The van der Waals surface area contributed by atoms with Gasteiger partial charge in [0, 0.05) is 10.9 Å². The number of phenols is 1. The van der Waals surface area contributed by atoms with Gasteiger partial charge in [0.15, 0.2) is 5.69 Å². The molecule has 3 rings (SSSR count). The number of para-hydroxylation sites is 1. The topological polar surface area (TPSA) is 95.2 Å². The average molecular weight is 387 g/mol. The number of esters is 1. The summed E-state index contributed by atoms with van der Waals surface area (Å²) in [4.78, 5) is 15.2. The summed E-state index contributed by atoms with van der Waals surface area (Å²) in [5, 5.41) is 25.2. The average Bonchev–Trinajstić information content (AvgIpc) is 3.19. The van der Waals surface area contributed by atoms with E-state index in [0.717, 1.165) is 7.11 Å². The number of aromatic nitrogens is 1. The van der Waals surface area contributed by atoms with Crippen LogP contribution in [0.5, 0.6) is 5.75 Å². The predicted octanol–water partition coefficient (Wildman–Crippen LogP) is 2.50. The van der Waals surface area contributed by atoms with Crippen LogP contribution < -0.4 is 5.01 Å². The highest BCUT2D eigenvalue weighted by molar-refractivity contribution is 7.14. The van der Waals surface area contributed by atoms with Gasteiger partial charge in [0.05, 0.1) is 19.2 Å². The van der Waals surface area contributed by atoms with Gasteiger partial charge >= 0.3 is 12.1 Å². The second kappa shape index (κ2) is 6.25. The highest BCUT2D eigenvalue weighted by Crippen LogP contribution is 2.45. The third kappa shape index (κ3) is 2.88. The molecule has 1 aromatic heterocycles. The fourth-order valence-electron chi connectivity index (χ4n) is 2.40. The number of methoxy groups -OCH3 is 1. The van der Waals surface area contributed by atoms with Crippen LogP contribution in [-0.2, 0) is 4.74 Å². The van der Waals surface area contributed by atoms with E-state index in [1.54, 1.807) is 0 Å². The molecule has 1 aliphatic heterocycles. The van der Waals surface area contributed by atoms with Crippen molar-refractivity contribution in [1.29, 1.82) is 0 Å². The normalized spacial score (nSPS) is 20.2. The van der Waals surface area contributed by atoms with Crippen LogP contribution in [0.15, 0.2) is 34.7 Å². The Kier molecular flexibility index (Phi) is 4.36. The van der Waals surface area contributed by atoms with Crippen LogP contribution in [-0.4, -0.2) is 45.9 Å². The molecule has 0 amide bonds. The maximum absolute atomic E-state index is 13.6. The van der Waals surface area contributed by atoms with E-state index in [4.69, 9.17) is 0 Å². The zero-order valence-electron chi connectivity index (χ0n) is 13.2. The molecule has 1 unspecified atom stereocenters. The van der Waals surface area contributed by atoms with E-state index in [1.807, 2.05) is 0 Å². The number of alkyl halides is 3. The molecule has 0 aliphatic carbocycles. The van der Waals surface area contributed by atoms with Gasteiger partial charge in [-0.25, -0.2) is 9.78 Å². The number of benzene rings is 1. The highest BCUT2D eigenvalue weighted by Gasteiger charge is 2.62. The molecule has 0 radical (unpaired) electrons. The van der Waals surface area contributed by atoms with Crippen molar-refractivity contribution in [3.05, 3.63) is 40.9 Å². The number of rotatable bonds is 3. The molecule has 7 nitrogen and oxygen atoms in total. The number of anilines is 1. The first-order valence-corrected chi connectivity index (χ1v) is 8.04. The van der Waals surface area contributed by atoms with Gasteiger partial charge < -0.3 is 14.9 Å². The van der Waals surface area contributed by atoms with E-state index >= 15 is 0 Å². The first-order valence-electron chi connectivity index (χ1n) is 7.16. The van der Waals surface area contributed by atoms with Gasteiger partial charge in [0.25, 0.3) is 5.72 Å². The van der Waals surface area contributed by atoms with Crippen LogP contribution in [0.2, 0.25) is 0 Å². The van der Waals surface area contributed by atoms with Crippen molar-refractivity contribution in [2.45, 2.75) is 18.3 Å². The Hall–Kier alpha value is -2.66. The van der Waals surface area contributed by atoms with Crippen LogP contribution in [0.3, 0.4) is 0 Å². The Morgan fingerprint density at radius 3 is 2.69 bits per heavy atom. The highest BCUT2D eigenvalue weighted by atomic mass is 32.1. The molecule has 0 fully saturated rings. The molecule has 2 N–H and O–H groups in total. The van der Waals surface area contributed by atoms with Gasteiger partial charge in [-0.2, -0.15) is 23.3 Å². The van der Waals surface area contributed by atoms with Crippen molar-refractivity contribution >= 4 is 28.1 Å². The molecule has 2 aromatic rings. The molecule has 26 heavy (non-hydrogen) atoms. The third-order valence-corrected chi connectivity index (χ3v) is 4.54. The minimum atomic E-state index is -5.07. The van der Waals surface area contributed by atoms with Crippen molar-refractivity contribution < 1.29 is 32.9 Å². The molecule has 0 spiro atoms. The number of carbonyl (C=O) groups is 1. The second-order valence-corrected chi connectivity index (χ2v) is 6.21. The van der Waals surface area contributed by atoms with Crippen molar-refractivity contribution in [2.75, 3.05) is 12.1 Å². The summed E-state index contributed by atoms with van der Waals surface area (Å²) in [5.41, 5.74) is -3.68. The molecular formula is C15H12F3N3O4S. The monoisotopic (exact) mass is 387 g/mol. The SMILES string of the molecule is COC(=O)c1csc(N2N=C(c3ccccc3O)CC2(O)C(F)(F)F)n1. The first kappa shape index (κ1) is 18.1. The van der Waals surface area contributed by atoms with E-state index in [2.05, 4.69) is 14.8 Å². The van der Waals surface area contributed by atoms with Gasteiger partial charge in [-0.05, 0) is 12.1 Å². The number of hydrogen-bond donors (Lipinski definition) is 2. The Labute approximate surface area is 149 Å². The van der Waals surface area contributed by atoms with E-state index in [0.29, 0.717) is 16.3 Å². The smallest absolute Gasteiger partial charge is 0.438 e. The summed E-state index contributed by atoms with van der Waals surface area (Å²) in [6.45, 7) is 0. The lowest BCUT2D eigenvalue weighted by Crippen LogP contribution is -2.55. The molecule has 1 atom stereocenters. The van der Waals surface area contributed by atoms with Gasteiger partial charge in [0.2, 0.25) is 5.13 Å². The predicted molar refractivity (Wildman–Crippen MR) is 86.2 cm³/mol. The molecule has 0 bridgehead atoms. The Balaban J connectivity index is 2.08. The van der Waals surface area contributed by atoms with E-state index < -0.39 is 24.3 Å². The fourth-order valence-corrected chi connectivity index (χ4v) is 3.20. The fraction of sp³-hybridized carbons (Fsp3) is 0.267. The van der Waals surface area contributed by atoms with E-state index in [9.17, 15) is 28.2 Å². The summed E-state index contributed by atoms with van der Waals surface area (Å²) in [6.07, 6.45) is -5.99. The molecule has 1 aliphatic rings. The minimum absolute atomic E-state index is 0.0578. The number of carbonyl (C=O) groups excluding carboxylic acids is 1. The van der Waals surface area contributed by atoms with Crippen LogP contribution in [0.1, 0.15) is 22.5 Å². The van der Waals surface area contributed by atoms with Gasteiger partial charge in [0.1, 0.15) is 5.75 Å². The lowest BCUT2D eigenvalue weighted by molar-refractivity contribution is -0.254. The van der Waals surface area contributed by atoms with Crippen molar-refractivity contribution in [3.63, 3.8) is 0 Å². The summed E-state index contributed by atoms with van der Waals surface area (Å²) >= 11 is 0.695. The molecule has 11 heteroatoms. The number of aliphatic hydroxyl groups is 1. The Morgan fingerprint density at radius 2 is 2.08 bits per heavy atom. The zero-order valence-corrected chi connectivity index (χ0v) is 14.0. The molecule has 0 saturated heterocycles. The van der Waals surface area contributed by atoms with Crippen molar-refractivity contribution in [1.82, 2.24) is 4.98 Å². The van der Waals surface area contributed by atoms with Crippen LogP contribution in [0.25, 0.3) is 0 Å². The van der Waals surface area contributed by atoms with Crippen LogP contribution in [0.4, 0.5) is 18.3 Å². The summed E-state index contributed by atoms with van der Waals surface area (Å²) < 4.78 is 45.1. The van der Waals surface area contributed by atoms with Gasteiger partial charge in [-0.15, -0.1) is 11.3 Å². The molecule has 1 aromatic carbocycles. The summed E-state index contributed by atoms with van der Waals surface area (Å²) in [6, 6.07) is 5.71. The van der Waals surface area contributed by atoms with Crippen LogP contribution >= 0.6 is 11.3 Å². The largest absolute Gasteiger partial charge is 0.507 e. The number of ether oxygens (including phenoxy) is 1. The minimum Gasteiger partial charge on any atom is -0.507 e. The van der Waals surface area contributed by atoms with Gasteiger partial charge in [-0.1, -0.05) is 12.1 Å². The van der Waals surface area contributed by atoms with Crippen molar-refractivity contribution in [3.8, 4) is 5.75 Å². The quantitative estimate of drug-likeness (QED) is 0.786. The summed E-state index contributed by atoms with van der Waals surface area (Å²) in [5.74, 6) is -1.10. The van der Waals surface area contributed by atoms with Crippen LogP contribution in [0, 0.1) is 0 Å². The molecule has 2 heterocycles. The number of phenolic OH excluding ortho intramolecular Hbond substituents is 1. The number of hydrogen-bond acceptors (Lipinski definition) is 8. The molecule has 138 valence electrons. The lowest BCUT2D eigenvalue weighted by Gasteiger charge is -2.32. The molecule has 0 saturated carbocycles. The van der Waals surface area contributed by atoms with Crippen molar-refractivity contribution in [2.24, 2.45) is 5.10 Å². The molecular weight excluding hydrogens is 375 g/mol. The third-order valence-electron chi connectivity index (χ3n) is 3.72. The number of hydrazone groups is 1. The number of aromatic hydroxyl groups is 1. The summed E-state index contributed by atoms with van der Waals surface area (Å²) in [7, 11) is 1.11. The zero-order chi connectivity index (χ0) is 19.1. The first-order chi connectivity index (χ1) is 12.2. The lowest BCUT2D eigenvalue weighted by atomic mass is 10.0.